The number of anilines is 1. The van der Waals surface area contributed by atoms with Crippen LogP contribution >= 0.6 is 0 Å². The number of rotatable bonds is 6. The summed E-state index contributed by atoms with van der Waals surface area (Å²) in [6.07, 6.45) is 0. The molecule has 19 heavy (non-hydrogen) atoms. The van der Waals surface area contributed by atoms with Crippen molar-refractivity contribution < 1.29 is 4.79 Å². The SMILES string of the molecule is CC(C)C(CN)CNc1ccc(C(=O)N(C)C)cc1. The third-order valence-electron chi connectivity index (χ3n) is 3.35. The smallest absolute Gasteiger partial charge is 0.253 e. The summed E-state index contributed by atoms with van der Waals surface area (Å²) in [4.78, 5) is 13.3. The summed E-state index contributed by atoms with van der Waals surface area (Å²) in [5.41, 5.74) is 7.47. The van der Waals surface area contributed by atoms with Crippen molar-refractivity contribution in [3.05, 3.63) is 29.8 Å². The number of nitrogens with one attached hydrogen (secondary N) is 1. The number of hydrogen-bond donors (Lipinski definition) is 2. The predicted octanol–water partition coefficient (Wildman–Crippen LogP) is 2.03. The first-order valence-corrected chi connectivity index (χ1v) is 6.71. The van der Waals surface area contributed by atoms with E-state index in [1.54, 1.807) is 19.0 Å². The number of carbonyl (C=O) groups is 1. The maximum atomic E-state index is 11.7. The van der Waals surface area contributed by atoms with Crippen molar-refractivity contribution in [1.29, 1.82) is 0 Å². The molecule has 0 saturated heterocycles. The zero-order valence-corrected chi connectivity index (χ0v) is 12.3. The molecular weight excluding hydrogens is 238 g/mol. The standard InChI is InChI=1S/C15H25N3O/c1-11(2)13(9-16)10-17-14-7-5-12(6-8-14)15(19)18(3)4/h5-8,11,13,17H,9-10,16H2,1-4H3. The van der Waals surface area contributed by atoms with Crippen LogP contribution in [0.4, 0.5) is 5.69 Å². The maximum absolute atomic E-state index is 11.7. The fraction of sp³-hybridized carbons (Fsp3) is 0.533. The number of benzene rings is 1. The maximum Gasteiger partial charge on any atom is 0.253 e. The molecule has 106 valence electrons. The third kappa shape index (κ3) is 4.56. The predicted molar refractivity (Wildman–Crippen MR) is 80.3 cm³/mol. The number of carbonyl (C=O) groups excluding carboxylic acids is 1. The van der Waals surface area contributed by atoms with E-state index in [1.807, 2.05) is 24.3 Å². The second kappa shape index (κ2) is 7.14. The van der Waals surface area contributed by atoms with Crippen molar-refractivity contribution >= 4 is 11.6 Å². The van der Waals surface area contributed by atoms with Crippen molar-refractivity contribution in [2.45, 2.75) is 13.8 Å². The fourth-order valence-electron chi connectivity index (χ4n) is 1.83. The van der Waals surface area contributed by atoms with Gasteiger partial charge in [0.25, 0.3) is 5.91 Å². The van der Waals surface area contributed by atoms with Crippen molar-refractivity contribution in [1.82, 2.24) is 4.90 Å². The fourth-order valence-corrected chi connectivity index (χ4v) is 1.83. The molecule has 3 N–H and O–H groups in total. The van der Waals surface area contributed by atoms with Crippen LogP contribution in [0.3, 0.4) is 0 Å². The van der Waals surface area contributed by atoms with Crippen LogP contribution in [0.25, 0.3) is 0 Å². The van der Waals surface area contributed by atoms with E-state index >= 15 is 0 Å². The van der Waals surface area contributed by atoms with Gasteiger partial charge in [0.05, 0.1) is 0 Å². The minimum Gasteiger partial charge on any atom is -0.385 e. The van der Waals surface area contributed by atoms with Gasteiger partial charge in [-0.15, -0.1) is 0 Å². The number of hydrogen-bond acceptors (Lipinski definition) is 3. The summed E-state index contributed by atoms with van der Waals surface area (Å²) in [6.45, 7) is 5.90. The Hall–Kier alpha value is -1.55. The number of nitrogens with two attached hydrogens (primary N) is 1. The minimum absolute atomic E-state index is 0.0218. The van der Waals surface area contributed by atoms with Crippen LogP contribution in [-0.2, 0) is 0 Å². The van der Waals surface area contributed by atoms with E-state index < -0.39 is 0 Å². The lowest BCUT2D eigenvalue weighted by molar-refractivity contribution is 0.0827. The molecule has 1 atom stereocenters. The first kappa shape index (κ1) is 15.5. The quantitative estimate of drug-likeness (QED) is 0.825. The number of amides is 1. The zero-order chi connectivity index (χ0) is 14.4. The third-order valence-corrected chi connectivity index (χ3v) is 3.35. The van der Waals surface area contributed by atoms with Gasteiger partial charge in [-0.1, -0.05) is 13.8 Å². The monoisotopic (exact) mass is 263 g/mol. The van der Waals surface area contributed by atoms with E-state index in [4.69, 9.17) is 5.73 Å². The van der Waals surface area contributed by atoms with Gasteiger partial charge in [-0.25, -0.2) is 0 Å². The highest BCUT2D eigenvalue weighted by Gasteiger charge is 2.11. The molecule has 4 nitrogen and oxygen atoms in total. The molecule has 0 aliphatic heterocycles. The van der Waals surface area contributed by atoms with Crippen molar-refractivity contribution in [2.75, 3.05) is 32.5 Å². The lowest BCUT2D eigenvalue weighted by atomic mass is 9.96. The molecule has 1 aromatic rings. The summed E-state index contributed by atoms with van der Waals surface area (Å²) >= 11 is 0. The molecule has 0 spiro atoms. The second-order valence-electron chi connectivity index (χ2n) is 5.40. The van der Waals surface area contributed by atoms with Crippen LogP contribution in [-0.4, -0.2) is 38.0 Å². The van der Waals surface area contributed by atoms with Gasteiger partial charge in [0.2, 0.25) is 0 Å². The number of nitrogens with zero attached hydrogens (tertiary/aromatic N) is 1. The molecule has 0 fully saturated rings. The molecule has 0 saturated carbocycles. The zero-order valence-electron chi connectivity index (χ0n) is 12.3. The van der Waals surface area contributed by atoms with Crippen LogP contribution in [0.1, 0.15) is 24.2 Å². The summed E-state index contributed by atoms with van der Waals surface area (Å²) in [5.74, 6) is 1.05. The average Bonchev–Trinajstić information content (AvgIpc) is 2.38. The molecule has 1 unspecified atom stereocenters. The highest BCUT2D eigenvalue weighted by Crippen LogP contribution is 2.14. The normalized spacial score (nSPS) is 12.3. The van der Waals surface area contributed by atoms with Gasteiger partial charge in [-0.05, 0) is 42.6 Å². The van der Waals surface area contributed by atoms with E-state index in [0.29, 0.717) is 23.9 Å². The average molecular weight is 263 g/mol. The van der Waals surface area contributed by atoms with E-state index in [0.717, 1.165) is 12.2 Å². The van der Waals surface area contributed by atoms with Gasteiger partial charge in [0.15, 0.2) is 0 Å². The highest BCUT2D eigenvalue weighted by molar-refractivity contribution is 5.94. The van der Waals surface area contributed by atoms with Crippen molar-refractivity contribution in [3.63, 3.8) is 0 Å². The van der Waals surface area contributed by atoms with Crippen LogP contribution in [0.2, 0.25) is 0 Å². The first-order chi connectivity index (χ1) is 8.95. The topological polar surface area (TPSA) is 58.4 Å². The molecule has 0 aliphatic carbocycles. The van der Waals surface area contributed by atoms with Crippen LogP contribution in [0.5, 0.6) is 0 Å². The van der Waals surface area contributed by atoms with Crippen LogP contribution in [0, 0.1) is 11.8 Å². The van der Waals surface area contributed by atoms with E-state index in [9.17, 15) is 4.79 Å². The Labute approximate surface area is 116 Å². The largest absolute Gasteiger partial charge is 0.385 e. The van der Waals surface area contributed by atoms with E-state index in [2.05, 4.69) is 19.2 Å². The van der Waals surface area contributed by atoms with E-state index in [1.165, 1.54) is 0 Å². The van der Waals surface area contributed by atoms with Crippen LogP contribution in [0.15, 0.2) is 24.3 Å². The van der Waals surface area contributed by atoms with Crippen molar-refractivity contribution in [2.24, 2.45) is 17.6 Å². The van der Waals surface area contributed by atoms with Crippen molar-refractivity contribution in [3.8, 4) is 0 Å². The first-order valence-electron chi connectivity index (χ1n) is 6.71. The Morgan fingerprint density at radius 2 is 1.84 bits per heavy atom. The summed E-state index contributed by atoms with van der Waals surface area (Å²) in [5, 5.41) is 3.37. The van der Waals surface area contributed by atoms with E-state index in [-0.39, 0.29) is 5.91 Å². The van der Waals surface area contributed by atoms with Gasteiger partial charge < -0.3 is 16.0 Å². The Kier molecular flexibility index (Phi) is 5.83. The van der Waals surface area contributed by atoms with Gasteiger partial charge >= 0.3 is 0 Å². The Balaban J connectivity index is 2.60. The molecule has 0 radical (unpaired) electrons. The molecule has 4 heteroatoms. The summed E-state index contributed by atoms with van der Waals surface area (Å²) in [6, 6.07) is 7.56. The van der Waals surface area contributed by atoms with Gasteiger partial charge in [-0.3, -0.25) is 4.79 Å². The van der Waals surface area contributed by atoms with Gasteiger partial charge in [-0.2, -0.15) is 0 Å². The minimum atomic E-state index is 0.0218. The highest BCUT2D eigenvalue weighted by atomic mass is 16.2. The van der Waals surface area contributed by atoms with Crippen LogP contribution < -0.4 is 11.1 Å². The Morgan fingerprint density at radius 3 is 2.26 bits per heavy atom. The van der Waals surface area contributed by atoms with Gasteiger partial charge in [0, 0.05) is 31.9 Å². The lowest BCUT2D eigenvalue weighted by Crippen LogP contribution is -2.27. The molecule has 1 aromatic carbocycles. The molecule has 1 rings (SSSR count). The second-order valence-corrected chi connectivity index (χ2v) is 5.40. The Morgan fingerprint density at radius 1 is 1.26 bits per heavy atom. The summed E-state index contributed by atoms with van der Waals surface area (Å²) < 4.78 is 0. The molecule has 0 aromatic heterocycles. The lowest BCUT2D eigenvalue weighted by Gasteiger charge is -2.20. The molecule has 0 aliphatic rings. The molecule has 0 bridgehead atoms. The molecule has 0 heterocycles. The van der Waals surface area contributed by atoms with Gasteiger partial charge in [0.1, 0.15) is 0 Å². The molecule has 1 amide bonds. The Bertz CT molecular complexity index is 398. The summed E-state index contributed by atoms with van der Waals surface area (Å²) in [7, 11) is 3.51. The molecular formula is C15H25N3O.